The number of morpholine rings is 1. The molecule has 4 heterocycles. The minimum absolute atomic E-state index is 0.324. The number of fused-ring (bicyclic) bond motifs is 3. The summed E-state index contributed by atoms with van der Waals surface area (Å²) in [6.45, 7) is 9.62. The molecule has 1 unspecified atom stereocenters. The van der Waals surface area contributed by atoms with Crippen molar-refractivity contribution >= 4 is 10.0 Å². The second kappa shape index (κ2) is 8.17. The molecule has 1 aromatic rings. The summed E-state index contributed by atoms with van der Waals surface area (Å²) in [5.41, 5.74) is 1.07. The lowest BCUT2D eigenvalue weighted by Gasteiger charge is -2.51. The molecule has 0 aromatic heterocycles. The average molecular weight is 394 g/mol. The monoisotopic (exact) mass is 393 g/mol. The smallest absolute Gasteiger partial charge is 0.240 e. The number of aryl methyl sites for hydroxylation is 1. The molecule has 1 N–H and O–H groups in total. The van der Waals surface area contributed by atoms with Gasteiger partial charge in [-0.3, -0.25) is 9.80 Å². The van der Waals surface area contributed by atoms with E-state index in [1.54, 1.807) is 12.1 Å². The van der Waals surface area contributed by atoms with Gasteiger partial charge in [-0.25, -0.2) is 13.1 Å². The highest BCUT2D eigenvalue weighted by molar-refractivity contribution is 7.89. The molecular formula is C20H31N3O3S. The predicted molar refractivity (Wildman–Crippen MR) is 105 cm³/mol. The van der Waals surface area contributed by atoms with Crippen LogP contribution in [0.5, 0.6) is 0 Å². The highest BCUT2D eigenvalue weighted by Gasteiger charge is 2.40. The van der Waals surface area contributed by atoms with Gasteiger partial charge in [0.1, 0.15) is 0 Å². The van der Waals surface area contributed by atoms with Crippen LogP contribution in [0, 0.1) is 18.8 Å². The Bertz CT molecular complexity index is 731. The quantitative estimate of drug-likeness (QED) is 0.790. The van der Waals surface area contributed by atoms with E-state index < -0.39 is 10.0 Å². The lowest BCUT2D eigenvalue weighted by molar-refractivity contribution is -0.0285. The van der Waals surface area contributed by atoms with Crippen molar-refractivity contribution in [2.45, 2.75) is 30.7 Å². The highest BCUT2D eigenvalue weighted by atomic mass is 32.2. The molecule has 0 amide bonds. The number of nitrogens with zero attached hydrogens (tertiary/aromatic N) is 2. The minimum Gasteiger partial charge on any atom is -0.379 e. The lowest BCUT2D eigenvalue weighted by Crippen LogP contribution is -2.58. The van der Waals surface area contributed by atoms with E-state index in [4.69, 9.17) is 4.74 Å². The molecule has 0 aliphatic carbocycles. The van der Waals surface area contributed by atoms with E-state index in [1.807, 2.05) is 19.1 Å². The number of benzene rings is 1. The van der Waals surface area contributed by atoms with Crippen LogP contribution in [0.3, 0.4) is 0 Å². The second-order valence-corrected chi connectivity index (χ2v) is 10.0. The molecular weight excluding hydrogens is 362 g/mol. The molecule has 5 rings (SSSR count). The van der Waals surface area contributed by atoms with E-state index in [1.165, 1.54) is 6.42 Å². The van der Waals surface area contributed by atoms with Crippen molar-refractivity contribution in [3.8, 4) is 0 Å². The Morgan fingerprint density at radius 2 is 1.89 bits per heavy atom. The zero-order valence-electron chi connectivity index (χ0n) is 16.1. The number of piperidine rings is 3. The van der Waals surface area contributed by atoms with Gasteiger partial charge in [-0.1, -0.05) is 17.7 Å². The van der Waals surface area contributed by atoms with Crippen molar-refractivity contribution in [1.82, 2.24) is 14.5 Å². The normalized spacial score (nSPS) is 31.9. The number of sulfonamides is 1. The fourth-order valence-corrected chi connectivity index (χ4v) is 5.86. The Labute approximate surface area is 162 Å². The van der Waals surface area contributed by atoms with E-state index in [-0.39, 0.29) is 0 Å². The number of rotatable bonds is 6. The first-order chi connectivity index (χ1) is 13.0. The lowest BCUT2D eigenvalue weighted by atomic mass is 9.75. The summed E-state index contributed by atoms with van der Waals surface area (Å²) in [6.07, 6.45) is 2.35. The van der Waals surface area contributed by atoms with Gasteiger partial charge in [-0.05, 0) is 50.3 Å². The van der Waals surface area contributed by atoms with Crippen LogP contribution < -0.4 is 4.72 Å². The van der Waals surface area contributed by atoms with Gasteiger partial charge >= 0.3 is 0 Å². The largest absolute Gasteiger partial charge is 0.379 e. The van der Waals surface area contributed by atoms with Gasteiger partial charge in [0.2, 0.25) is 10.0 Å². The number of hydrogen-bond acceptors (Lipinski definition) is 5. The van der Waals surface area contributed by atoms with Crippen molar-refractivity contribution in [3.05, 3.63) is 29.8 Å². The molecule has 0 spiro atoms. The van der Waals surface area contributed by atoms with E-state index >= 15 is 0 Å². The van der Waals surface area contributed by atoms with Gasteiger partial charge in [-0.15, -0.1) is 0 Å². The average Bonchev–Trinajstić information content (AvgIpc) is 2.68. The first-order valence-electron chi connectivity index (χ1n) is 10.1. The third kappa shape index (κ3) is 4.54. The molecule has 4 fully saturated rings. The minimum atomic E-state index is -3.43. The van der Waals surface area contributed by atoms with Crippen molar-refractivity contribution < 1.29 is 13.2 Å². The highest BCUT2D eigenvalue weighted by Crippen LogP contribution is 2.36. The summed E-state index contributed by atoms with van der Waals surface area (Å²) in [5.74, 6) is 1.42. The summed E-state index contributed by atoms with van der Waals surface area (Å²) >= 11 is 0. The van der Waals surface area contributed by atoms with Gasteiger partial charge in [0, 0.05) is 38.8 Å². The fraction of sp³-hybridized carbons (Fsp3) is 0.700. The Morgan fingerprint density at radius 1 is 1.15 bits per heavy atom. The Kier molecular flexibility index (Phi) is 5.85. The van der Waals surface area contributed by atoms with Gasteiger partial charge < -0.3 is 4.74 Å². The summed E-state index contributed by atoms with van der Waals surface area (Å²) in [6, 6.07) is 7.38. The van der Waals surface area contributed by atoms with E-state index in [2.05, 4.69) is 14.5 Å². The first-order valence-corrected chi connectivity index (χ1v) is 11.6. The van der Waals surface area contributed by atoms with Crippen molar-refractivity contribution in [2.24, 2.45) is 11.8 Å². The number of ether oxygens (including phenoxy) is 1. The molecule has 2 bridgehead atoms. The SMILES string of the molecule is Cc1ccc(S(=O)(=O)NC[C@@H]2C[C@H]3CCN2C[C@@H]3CN2CCOCC2)cc1. The van der Waals surface area contributed by atoms with Gasteiger partial charge in [0.15, 0.2) is 0 Å². The van der Waals surface area contributed by atoms with Crippen LogP contribution in [-0.2, 0) is 14.8 Å². The number of nitrogens with one attached hydrogen (secondary N) is 1. The van der Waals surface area contributed by atoms with Crippen molar-refractivity contribution in [3.63, 3.8) is 0 Å². The standard InChI is InChI=1S/C20H31N3O3S/c1-16-2-4-20(5-3-16)27(24,25)21-13-19-12-17-6-7-23(19)15-18(17)14-22-8-10-26-11-9-22/h2-5,17-19,21H,6-15H2,1H3/t17-,18+,19+/m1/s1. The van der Waals surface area contributed by atoms with Crippen LogP contribution in [0.1, 0.15) is 18.4 Å². The Hall–Kier alpha value is -0.990. The topological polar surface area (TPSA) is 61.9 Å². The van der Waals surface area contributed by atoms with Crippen LogP contribution >= 0.6 is 0 Å². The summed E-state index contributed by atoms with van der Waals surface area (Å²) < 4.78 is 33.4. The van der Waals surface area contributed by atoms with Crippen molar-refractivity contribution in [2.75, 3.05) is 52.5 Å². The molecule has 6 nitrogen and oxygen atoms in total. The van der Waals surface area contributed by atoms with Crippen LogP contribution in [0.25, 0.3) is 0 Å². The molecule has 7 heteroatoms. The Balaban J connectivity index is 1.32. The van der Waals surface area contributed by atoms with Crippen LogP contribution in [0.15, 0.2) is 29.2 Å². The fourth-order valence-electron chi connectivity index (χ4n) is 4.79. The first kappa shape index (κ1) is 19.3. The van der Waals surface area contributed by atoms with Crippen LogP contribution in [-0.4, -0.2) is 76.7 Å². The molecule has 0 saturated carbocycles. The van der Waals surface area contributed by atoms with E-state index in [0.29, 0.717) is 29.3 Å². The maximum atomic E-state index is 12.6. The molecule has 4 aliphatic rings. The maximum absolute atomic E-state index is 12.6. The molecule has 4 aliphatic heterocycles. The third-order valence-electron chi connectivity index (χ3n) is 6.45. The van der Waals surface area contributed by atoms with E-state index in [0.717, 1.165) is 57.9 Å². The zero-order chi connectivity index (χ0) is 18.9. The molecule has 1 aromatic carbocycles. The van der Waals surface area contributed by atoms with Gasteiger partial charge in [-0.2, -0.15) is 0 Å². The Morgan fingerprint density at radius 3 is 2.56 bits per heavy atom. The molecule has 27 heavy (non-hydrogen) atoms. The van der Waals surface area contributed by atoms with Crippen LogP contribution in [0.2, 0.25) is 0 Å². The zero-order valence-corrected chi connectivity index (χ0v) is 17.0. The predicted octanol–water partition coefficient (Wildman–Crippen LogP) is 1.32. The van der Waals surface area contributed by atoms with Gasteiger partial charge in [0.25, 0.3) is 0 Å². The summed E-state index contributed by atoms with van der Waals surface area (Å²) in [5, 5.41) is 0. The summed E-state index contributed by atoms with van der Waals surface area (Å²) in [4.78, 5) is 5.39. The maximum Gasteiger partial charge on any atom is 0.240 e. The van der Waals surface area contributed by atoms with E-state index in [9.17, 15) is 8.42 Å². The summed E-state index contributed by atoms with van der Waals surface area (Å²) in [7, 11) is -3.43. The molecule has 4 atom stereocenters. The van der Waals surface area contributed by atoms with Crippen molar-refractivity contribution in [1.29, 1.82) is 0 Å². The second-order valence-electron chi connectivity index (χ2n) is 8.27. The molecule has 150 valence electrons. The molecule has 0 radical (unpaired) electrons. The number of hydrogen-bond donors (Lipinski definition) is 1. The third-order valence-corrected chi connectivity index (χ3v) is 7.89. The van der Waals surface area contributed by atoms with Crippen LogP contribution in [0.4, 0.5) is 0 Å². The molecule has 4 saturated heterocycles. The van der Waals surface area contributed by atoms with Gasteiger partial charge in [0.05, 0.1) is 18.1 Å².